The average molecular weight is 337 g/mol. The average Bonchev–Trinajstić information content (AvgIpc) is 3.19. The Morgan fingerprint density at radius 1 is 1.20 bits per heavy atom. The molecular formula is C21H23NO3. The monoisotopic (exact) mass is 337 g/mol. The van der Waals surface area contributed by atoms with Gasteiger partial charge >= 0.3 is 0 Å². The molecule has 130 valence electrons. The van der Waals surface area contributed by atoms with Gasteiger partial charge in [-0.25, -0.2) is 0 Å². The highest BCUT2D eigenvalue weighted by atomic mass is 16.5. The van der Waals surface area contributed by atoms with E-state index in [2.05, 4.69) is 5.32 Å². The van der Waals surface area contributed by atoms with Crippen LogP contribution in [0, 0.1) is 0 Å². The largest absolute Gasteiger partial charge is 0.497 e. The zero-order valence-electron chi connectivity index (χ0n) is 14.4. The van der Waals surface area contributed by atoms with E-state index in [1.54, 1.807) is 7.11 Å². The van der Waals surface area contributed by atoms with Crippen LogP contribution in [0.1, 0.15) is 24.0 Å². The van der Waals surface area contributed by atoms with Gasteiger partial charge in [0.15, 0.2) is 0 Å². The summed E-state index contributed by atoms with van der Waals surface area (Å²) in [4.78, 5) is 12.8. The van der Waals surface area contributed by atoms with Crippen molar-refractivity contribution >= 4 is 17.6 Å². The maximum absolute atomic E-state index is 12.8. The van der Waals surface area contributed by atoms with Gasteiger partial charge in [0.2, 0.25) is 0 Å². The highest BCUT2D eigenvalue weighted by molar-refractivity contribution is 6.24. The molecule has 1 heterocycles. The Hall–Kier alpha value is -2.59. The lowest BCUT2D eigenvalue weighted by atomic mass is 10.0. The number of rotatable bonds is 6. The molecule has 1 aliphatic rings. The normalized spacial score (nSPS) is 17.3. The van der Waals surface area contributed by atoms with E-state index in [9.17, 15) is 4.79 Å². The molecule has 1 unspecified atom stereocenters. The molecule has 0 radical (unpaired) electrons. The highest BCUT2D eigenvalue weighted by Crippen LogP contribution is 2.21. The zero-order valence-corrected chi connectivity index (χ0v) is 14.4. The third-order valence-electron chi connectivity index (χ3n) is 4.27. The van der Waals surface area contributed by atoms with Crippen molar-refractivity contribution in [1.82, 2.24) is 5.32 Å². The van der Waals surface area contributed by atoms with Gasteiger partial charge in [0, 0.05) is 18.7 Å². The fraction of sp³-hybridized carbons (Fsp3) is 0.286. The number of ether oxygens (including phenoxy) is 2. The van der Waals surface area contributed by atoms with Gasteiger partial charge in [-0.3, -0.25) is 4.79 Å². The summed E-state index contributed by atoms with van der Waals surface area (Å²) in [5, 5.41) is 3.01. The second-order valence-corrected chi connectivity index (χ2v) is 6.04. The molecule has 1 atom stereocenters. The second-order valence-electron chi connectivity index (χ2n) is 6.04. The van der Waals surface area contributed by atoms with Crippen molar-refractivity contribution in [3.63, 3.8) is 0 Å². The molecule has 1 saturated heterocycles. The highest BCUT2D eigenvalue weighted by Gasteiger charge is 2.18. The van der Waals surface area contributed by atoms with Crippen molar-refractivity contribution in [2.24, 2.45) is 0 Å². The van der Waals surface area contributed by atoms with E-state index in [-0.39, 0.29) is 12.0 Å². The summed E-state index contributed by atoms with van der Waals surface area (Å²) in [5.74, 6) is 0.707. The summed E-state index contributed by atoms with van der Waals surface area (Å²) in [5.41, 5.74) is 2.49. The van der Waals surface area contributed by atoms with Crippen molar-refractivity contribution in [2.45, 2.75) is 18.9 Å². The molecule has 1 amide bonds. The van der Waals surface area contributed by atoms with Gasteiger partial charge in [-0.2, -0.15) is 0 Å². The number of hydrogen-bond acceptors (Lipinski definition) is 3. The standard InChI is InChI=1S/C21H23NO3/c1-24-18-11-9-16(10-12-18)14-20(17-6-3-2-4-7-17)21(23)22-15-19-8-5-13-25-19/h2-4,6-7,9-12,14,19H,5,8,13,15H2,1H3,(H,22,23). The Morgan fingerprint density at radius 2 is 1.96 bits per heavy atom. The van der Waals surface area contributed by atoms with Gasteiger partial charge in [-0.05, 0) is 42.2 Å². The number of benzene rings is 2. The van der Waals surface area contributed by atoms with E-state index in [0.29, 0.717) is 12.1 Å². The van der Waals surface area contributed by atoms with Crippen molar-refractivity contribution in [2.75, 3.05) is 20.3 Å². The molecule has 2 aromatic carbocycles. The van der Waals surface area contributed by atoms with Crippen LogP contribution >= 0.6 is 0 Å². The van der Waals surface area contributed by atoms with Crippen LogP contribution in [0.5, 0.6) is 5.75 Å². The number of nitrogens with one attached hydrogen (secondary N) is 1. The minimum atomic E-state index is -0.0856. The van der Waals surface area contributed by atoms with Crippen LogP contribution in [0.15, 0.2) is 54.6 Å². The van der Waals surface area contributed by atoms with E-state index in [1.807, 2.05) is 60.7 Å². The maximum Gasteiger partial charge on any atom is 0.252 e. The van der Waals surface area contributed by atoms with E-state index < -0.39 is 0 Å². The summed E-state index contributed by atoms with van der Waals surface area (Å²) < 4.78 is 10.8. The zero-order chi connectivity index (χ0) is 17.5. The van der Waals surface area contributed by atoms with Gasteiger partial charge in [0.25, 0.3) is 5.91 Å². The lowest BCUT2D eigenvalue weighted by Crippen LogP contribution is -2.32. The molecule has 3 rings (SSSR count). The van der Waals surface area contributed by atoms with Crippen LogP contribution in [-0.4, -0.2) is 32.3 Å². The third-order valence-corrected chi connectivity index (χ3v) is 4.27. The Balaban J connectivity index is 1.81. The number of carbonyl (C=O) groups is 1. The summed E-state index contributed by atoms with van der Waals surface area (Å²) in [7, 11) is 1.64. The van der Waals surface area contributed by atoms with Crippen LogP contribution in [0.2, 0.25) is 0 Å². The smallest absolute Gasteiger partial charge is 0.252 e. The van der Waals surface area contributed by atoms with Crippen LogP contribution in [0.3, 0.4) is 0 Å². The summed E-state index contributed by atoms with van der Waals surface area (Å²) in [6.07, 6.45) is 4.10. The minimum Gasteiger partial charge on any atom is -0.497 e. The number of carbonyl (C=O) groups excluding carboxylic acids is 1. The summed E-state index contributed by atoms with van der Waals surface area (Å²) in [6.45, 7) is 1.33. The van der Waals surface area contributed by atoms with Crippen LogP contribution < -0.4 is 10.1 Å². The van der Waals surface area contributed by atoms with Crippen molar-refractivity contribution in [1.29, 1.82) is 0 Å². The molecule has 0 aliphatic carbocycles. The molecule has 4 heteroatoms. The first kappa shape index (κ1) is 17.2. The van der Waals surface area contributed by atoms with E-state index in [1.165, 1.54) is 0 Å². The first-order chi connectivity index (χ1) is 12.3. The fourth-order valence-electron chi connectivity index (χ4n) is 2.87. The Bertz CT molecular complexity index is 717. The topological polar surface area (TPSA) is 47.6 Å². The number of hydrogen-bond donors (Lipinski definition) is 1. The lowest BCUT2D eigenvalue weighted by molar-refractivity contribution is -0.116. The Morgan fingerprint density at radius 3 is 2.60 bits per heavy atom. The van der Waals surface area contributed by atoms with Gasteiger partial charge in [0.1, 0.15) is 5.75 Å². The molecule has 0 saturated carbocycles. The minimum absolute atomic E-state index is 0.0856. The predicted octanol–water partition coefficient (Wildman–Crippen LogP) is 3.53. The number of methoxy groups -OCH3 is 1. The molecule has 0 aromatic heterocycles. The molecule has 0 bridgehead atoms. The van der Waals surface area contributed by atoms with E-state index >= 15 is 0 Å². The Kier molecular flexibility index (Phi) is 5.86. The lowest BCUT2D eigenvalue weighted by Gasteiger charge is -2.13. The van der Waals surface area contributed by atoms with Crippen LogP contribution in [0.25, 0.3) is 11.6 Å². The molecule has 25 heavy (non-hydrogen) atoms. The predicted molar refractivity (Wildman–Crippen MR) is 99.3 cm³/mol. The van der Waals surface area contributed by atoms with Crippen molar-refractivity contribution in [3.05, 3.63) is 65.7 Å². The first-order valence-electron chi connectivity index (χ1n) is 8.57. The molecule has 1 N–H and O–H groups in total. The van der Waals surface area contributed by atoms with E-state index in [0.717, 1.165) is 36.3 Å². The van der Waals surface area contributed by atoms with Crippen molar-refractivity contribution < 1.29 is 14.3 Å². The SMILES string of the molecule is COc1ccc(C=C(C(=O)NCC2CCCO2)c2ccccc2)cc1. The molecule has 0 spiro atoms. The second kappa shape index (κ2) is 8.49. The third kappa shape index (κ3) is 4.70. The molecule has 1 aliphatic heterocycles. The molecule has 1 fully saturated rings. The summed E-state index contributed by atoms with van der Waals surface area (Å²) >= 11 is 0. The fourth-order valence-corrected chi connectivity index (χ4v) is 2.87. The van der Waals surface area contributed by atoms with Crippen LogP contribution in [-0.2, 0) is 9.53 Å². The maximum atomic E-state index is 12.8. The van der Waals surface area contributed by atoms with Gasteiger partial charge < -0.3 is 14.8 Å². The molecular weight excluding hydrogens is 314 g/mol. The first-order valence-corrected chi connectivity index (χ1v) is 8.57. The molecule has 2 aromatic rings. The van der Waals surface area contributed by atoms with Crippen molar-refractivity contribution in [3.8, 4) is 5.75 Å². The van der Waals surface area contributed by atoms with Gasteiger partial charge in [0.05, 0.1) is 13.2 Å². The summed E-state index contributed by atoms with van der Waals surface area (Å²) in [6, 6.07) is 17.4. The Labute approximate surface area is 148 Å². The molecule has 4 nitrogen and oxygen atoms in total. The van der Waals surface area contributed by atoms with E-state index in [4.69, 9.17) is 9.47 Å². The van der Waals surface area contributed by atoms with Gasteiger partial charge in [-0.15, -0.1) is 0 Å². The van der Waals surface area contributed by atoms with Gasteiger partial charge in [-0.1, -0.05) is 42.5 Å². The number of amides is 1. The quantitative estimate of drug-likeness (QED) is 0.648. The van der Waals surface area contributed by atoms with Crippen LogP contribution in [0.4, 0.5) is 0 Å².